The number of benzene rings is 1. The number of hydrogen-bond donors (Lipinski definition) is 4. The Morgan fingerprint density at radius 2 is 1.87 bits per heavy atom. The van der Waals surface area contributed by atoms with Gasteiger partial charge in [-0.05, 0) is 26.8 Å². The number of hydrogen-bond acceptors (Lipinski definition) is 5. The van der Waals surface area contributed by atoms with E-state index in [9.17, 15) is 23.8 Å². The van der Waals surface area contributed by atoms with Crippen LogP contribution in [0.2, 0.25) is 0 Å². The first-order valence-electron chi connectivity index (χ1n) is 7.05. The summed E-state index contributed by atoms with van der Waals surface area (Å²) in [7, 11) is 0. The summed E-state index contributed by atoms with van der Waals surface area (Å²) in [4.78, 5) is 11.3. The number of carbonyl (C=O) groups excluding carboxylic acids is 1. The van der Waals surface area contributed by atoms with Crippen molar-refractivity contribution in [1.82, 2.24) is 10.6 Å². The van der Waals surface area contributed by atoms with Gasteiger partial charge >= 0.3 is 6.09 Å². The Morgan fingerprint density at radius 1 is 1.22 bits per heavy atom. The molecule has 0 bridgehead atoms. The van der Waals surface area contributed by atoms with Gasteiger partial charge in [-0.15, -0.1) is 0 Å². The van der Waals surface area contributed by atoms with Crippen LogP contribution >= 0.6 is 0 Å². The van der Waals surface area contributed by atoms with Crippen LogP contribution in [-0.4, -0.2) is 40.9 Å². The zero-order valence-corrected chi connectivity index (χ0v) is 13.3. The molecule has 0 saturated carbocycles. The van der Waals surface area contributed by atoms with Crippen molar-refractivity contribution in [1.29, 1.82) is 0 Å². The van der Waals surface area contributed by atoms with E-state index in [4.69, 9.17) is 4.74 Å². The Kier molecular flexibility index (Phi) is 6.14. The molecule has 0 unspecified atom stereocenters. The van der Waals surface area contributed by atoms with Gasteiger partial charge in [0.1, 0.15) is 5.60 Å². The number of para-hydroxylation sites is 1. The van der Waals surface area contributed by atoms with Crippen LogP contribution in [0.3, 0.4) is 0 Å². The summed E-state index contributed by atoms with van der Waals surface area (Å²) in [6.45, 7) is 3.26. The maximum atomic E-state index is 13.7. The molecule has 1 rings (SSSR count). The number of phenols is 2. The largest absolute Gasteiger partial charge is 0.504 e. The second kappa shape index (κ2) is 7.45. The number of rotatable bonds is 6. The molecule has 0 aliphatic carbocycles. The Bertz CT molecular complexity index is 545. The van der Waals surface area contributed by atoms with Crippen molar-refractivity contribution in [2.45, 2.75) is 38.8 Å². The van der Waals surface area contributed by atoms with Crippen LogP contribution in [-0.2, 0) is 11.3 Å². The van der Waals surface area contributed by atoms with E-state index < -0.39 is 30.7 Å². The molecule has 0 spiro atoms. The van der Waals surface area contributed by atoms with Crippen molar-refractivity contribution in [2.75, 3.05) is 13.1 Å². The molecular weight excluding hydrogens is 310 g/mol. The van der Waals surface area contributed by atoms with E-state index in [0.29, 0.717) is 5.56 Å². The molecule has 0 atom stereocenters. The summed E-state index contributed by atoms with van der Waals surface area (Å²) in [5.74, 6) is -3.86. The molecule has 0 aliphatic rings. The number of carbonyl (C=O) groups is 1. The Morgan fingerprint density at radius 3 is 2.48 bits per heavy atom. The van der Waals surface area contributed by atoms with Crippen molar-refractivity contribution < 1.29 is 28.5 Å². The third-order valence-electron chi connectivity index (χ3n) is 2.69. The average Bonchev–Trinajstić information content (AvgIpc) is 2.39. The second-order valence-electron chi connectivity index (χ2n) is 6.10. The highest BCUT2D eigenvalue weighted by molar-refractivity contribution is 5.67. The summed E-state index contributed by atoms with van der Waals surface area (Å²) in [6.07, 6.45) is -0.914. The number of nitrogens with one attached hydrogen (secondary N) is 2. The monoisotopic (exact) mass is 332 g/mol. The van der Waals surface area contributed by atoms with Crippen LogP contribution in [0.5, 0.6) is 11.5 Å². The third kappa shape index (κ3) is 7.14. The fourth-order valence-electron chi connectivity index (χ4n) is 1.68. The lowest BCUT2D eigenvalue weighted by atomic mass is 10.2. The minimum absolute atomic E-state index is 0.0533. The first-order valence-corrected chi connectivity index (χ1v) is 7.05. The van der Waals surface area contributed by atoms with Crippen LogP contribution in [0.1, 0.15) is 26.3 Å². The van der Waals surface area contributed by atoms with Gasteiger partial charge in [-0.25, -0.2) is 13.6 Å². The van der Waals surface area contributed by atoms with Gasteiger partial charge in [-0.1, -0.05) is 12.1 Å². The van der Waals surface area contributed by atoms with E-state index in [0.717, 1.165) is 0 Å². The molecule has 6 nitrogen and oxygen atoms in total. The highest BCUT2D eigenvalue weighted by Gasteiger charge is 2.30. The summed E-state index contributed by atoms with van der Waals surface area (Å²) >= 11 is 0. The van der Waals surface area contributed by atoms with Crippen LogP contribution in [0.4, 0.5) is 13.6 Å². The van der Waals surface area contributed by atoms with Crippen molar-refractivity contribution >= 4 is 6.09 Å². The first-order chi connectivity index (χ1) is 10.5. The topological polar surface area (TPSA) is 90.8 Å². The summed E-state index contributed by atoms with van der Waals surface area (Å²) in [6, 6.07) is 4.28. The van der Waals surface area contributed by atoms with Gasteiger partial charge in [0.15, 0.2) is 11.5 Å². The molecule has 23 heavy (non-hydrogen) atoms. The first kappa shape index (κ1) is 19.0. The molecule has 0 heterocycles. The van der Waals surface area contributed by atoms with Crippen LogP contribution < -0.4 is 10.6 Å². The zero-order valence-electron chi connectivity index (χ0n) is 13.3. The number of aromatic hydroxyl groups is 2. The lowest BCUT2D eigenvalue weighted by Crippen LogP contribution is -2.44. The molecule has 4 N–H and O–H groups in total. The van der Waals surface area contributed by atoms with E-state index in [-0.39, 0.29) is 18.0 Å². The van der Waals surface area contributed by atoms with Crippen molar-refractivity contribution in [2.24, 2.45) is 0 Å². The predicted molar refractivity (Wildman–Crippen MR) is 80.7 cm³/mol. The molecule has 0 aliphatic heterocycles. The van der Waals surface area contributed by atoms with Gasteiger partial charge in [-0.2, -0.15) is 0 Å². The number of phenolic OH excluding ortho intramolecular Hbond substituents is 2. The van der Waals surface area contributed by atoms with Crippen LogP contribution in [0.15, 0.2) is 18.2 Å². The van der Waals surface area contributed by atoms with E-state index in [1.165, 1.54) is 18.2 Å². The molecule has 0 fully saturated rings. The van der Waals surface area contributed by atoms with Crippen molar-refractivity contribution in [3.05, 3.63) is 23.8 Å². The summed E-state index contributed by atoms with van der Waals surface area (Å²) in [5, 5.41) is 23.3. The average molecular weight is 332 g/mol. The van der Waals surface area contributed by atoms with Crippen molar-refractivity contribution in [3.63, 3.8) is 0 Å². The number of amides is 1. The number of ether oxygens (including phenoxy) is 1. The summed E-state index contributed by atoms with van der Waals surface area (Å²) in [5.41, 5.74) is -0.467. The van der Waals surface area contributed by atoms with E-state index >= 15 is 0 Å². The standard InChI is InChI=1S/C15H22F2N2O4/c1-14(2,3)23-13(22)19-9-15(16,17)8-18-7-10-5-4-6-11(20)12(10)21/h4-6,18,20-21H,7-9H2,1-3H3,(H,19,22). The molecule has 0 radical (unpaired) electrons. The summed E-state index contributed by atoms with van der Waals surface area (Å²) < 4.78 is 32.2. The van der Waals surface area contributed by atoms with Gasteiger partial charge < -0.3 is 25.6 Å². The van der Waals surface area contributed by atoms with E-state index in [1.54, 1.807) is 20.8 Å². The van der Waals surface area contributed by atoms with Gasteiger partial charge in [0.25, 0.3) is 5.92 Å². The van der Waals surface area contributed by atoms with E-state index in [1.807, 2.05) is 5.32 Å². The molecule has 0 saturated heterocycles. The fraction of sp³-hybridized carbons (Fsp3) is 0.533. The molecule has 0 aromatic heterocycles. The zero-order chi connectivity index (χ0) is 17.7. The fourth-order valence-corrected chi connectivity index (χ4v) is 1.68. The van der Waals surface area contributed by atoms with Crippen LogP contribution in [0, 0.1) is 0 Å². The van der Waals surface area contributed by atoms with E-state index in [2.05, 4.69) is 5.32 Å². The SMILES string of the molecule is CC(C)(C)OC(=O)NCC(F)(F)CNCc1cccc(O)c1O. The maximum absolute atomic E-state index is 13.7. The van der Waals surface area contributed by atoms with Gasteiger partial charge in [0, 0.05) is 12.1 Å². The number of alkyl carbamates (subject to hydrolysis) is 1. The Balaban J connectivity index is 2.41. The minimum atomic E-state index is -3.19. The van der Waals surface area contributed by atoms with Gasteiger partial charge in [0.05, 0.1) is 13.1 Å². The number of halogens is 2. The second-order valence-corrected chi connectivity index (χ2v) is 6.10. The highest BCUT2D eigenvalue weighted by atomic mass is 19.3. The Labute approximate surface area is 133 Å². The quantitative estimate of drug-likeness (QED) is 0.600. The lowest BCUT2D eigenvalue weighted by molar-refractivity contribution is -0.00379. The third-order valence-corrected chi connectivity index (χ3v) is 2.69. The minimum Gasteiger partial charge on any atom is -0.504 e. The molecule has 1 amide bonds. The smallest absolute Gasteiger partial charge is 0.407 e. The molecule has 1 aromatic rings. The van der Waals surface area contributed by atoms with Gasteiger partial charge in [0.2, 0.25) is 0 Å². The van der Waals surface area contributed by atoms with Crippen LogP contribution in [0.25, 0.3) is 0 Å². The molecule has 130 valence electrons. The molecular formula is C15H22F2N2O4. The maximum Gasteiger partial charge on any atom is 0.407 e. The van der Waals surface area contributed by atoms with Crippen molar-refractivity contribution in [3.8, 4) is 11.5 Å². The number of alkyl halides is 2. The predicted octanol–water partition coefficient (Wildman–Crippen LogP) is 2.35. The normalized spacial score (nSPS) is 12.0. The lowest BCUT2D eigenvalue weighted by Gasteiger charge is -2.22. The Hall–Kier alpha value is -2.09. The highest BCUT2D eigenvalue weighted by Crippen LogP contribution is 2.28. The molecule has 1 aromatic carbocycles. The van der Waals surface area contributed by atoms with Gasteiger partial charge in [-0.3, -0.25) is 0 Å². The molecule has 8 heteroatoms.